The summed E-state index contributed by atoms with van der Waals surface area (Å²) in [6.07, 6.45) is 6.21. The van der Waals surface area contributed by atoms with Crippen LogP contribution in [-0.4, -0.2) is 20.3 Å². The molecule has 0 unspecified atom stereocenters. The van der Waals surface area contributed by atoms with Gasteiger partial charge in [-0.2, -0.15) is 0 Å². The second-order valence-electron chi connectivity index (χ2n) is 4.53. The highest BCUT2D eigenvalue weighted by molar-refractivity contribution is 7.17. The Balaban J connectivity index is 1.83. The molecule has 108 valence electrons. The van der Waals surface area contributed by atoms with Gasteiger partial charge in [0.1, 0.15) is 0 Å². The summed E-state index contributed by atoms with van der Waals surface area (Å²) in [4.78, 5) is 21.4. The highest BCUT2D eigenvalue weighted by Crippen LogP contribution is 2.23. The number of carbonyl (C=O) groups is 1. The summed E-state index contributed by atoms with van der Waals surface area (Å²) < 4.78 is 2.44. The third kappa shape index (κ3) is 2.91. The Morgan fingerprint density at radius 1 is 1.52 bits per heavy atom. The van der Waals surface area contributed by atoms with E-state index in [2.05, 4.69) is 15.3 Å². The van der Waals surface area contributed by atoms with Gasteiger partial charge in [-0.1, -0.05) is 18.5 Å². The van der Waals surface area contributed by atoms with Crippen LogP contribution in [0.4, 0.5) is 0 Å². The zero-order valence-corrected chi connectivity index (χ0v) is 12.9. The number of nitrogens with zero attached hydrogens (tertiary/aromatic N) is 3. The zero-order valence-electron chi connectivity index (χ0n) is 11.3. The van der Waals surface area contributed by atoms with Crippen LogP contribution in [-0.2, 0) is 0 Å². The molecule has 0 bridgehead atoms. The SMILES string of the molecule is CC[C@@H](NC(=O)c1ccc(Cl)s1)c1cn2cccnc2n1. The molecule has 0 aliphatic carbocycles. The number of amides is 1. The average molecular weight is 321 g/mol. The molecule has 5 nitrogen and oxygen atoms in total. The van der Waals surface area contributed by atoms with E-state index in [1.807, 2.05) is 29.8 Å². The van der Waals surface area contributed by atoms with Crippen LogP contribution in [0.3, 0.4) is 0 Å². The second-order valence-corrected chi connectivity index (χ2v) is 6.25. The van der Waals surface area contributed by atoms with Crippen molar-refractivity contribution in [2.45, 2.75) is 19.4 Å². The van der Waals surface area contributed by atoms with Gasteiger partial charge in [-0.25, -0.2) is 9.97 Å². The summed E-state index contributed by atoms with van der Waals surface area (Å²) in [5, 5.41) is 2.98. The monoisotopic (exact) mass is 320 g/mol. The predicted octanol–water partition coefficient (Wildman–Crippen LogP) is 3.33. The van der Waals surface area contributed by atoms with Crippen LogP contribution in [0.1, 0.15) is 34.8 Å². The number of imidazole rings is 1. The second kappa shape index (κ2) is 5.83. The Morgan fingerprint density at radius 3 is 3.05 bits per heavy atom. The van der Waals surface area contributed by atoms with E-state index in [9.17, 15) is 4.79 Å². The molecular formula is C14H13ClN4OS. The van der Waals surface area contributed by atoms with E-state index >= 15 is 0 Å². The predicted molar refractivity (Wildman–Crippen MR) is 82.8 cm³/mol. The summed E-state index contributed by atoms with van der Waals surface area (Å²) in [7, 11) is 0. The Bertz CT molecular complexity index is 749. The molecule has 3 rings (SSSR count). The van der Waals surface area contributed by atoms with Gasteiger partial charge in [-0.15, -0.1) is 11.3 Å². The third-order valence-corrected chi connectivity index (χ3v) is 4.35. The third-order valence-electron chi connectivity index (χ3n) is 3.12. The van der Waals surface area contributed by atoms with Crippen molar-refractivity contribution in [2.75, 3.05) is 0 Å². The Hall–Kier alpha value is -1.92. The fourth-order valence-electron chi connectivity index (χ4n) is 2.07. The van der Waals surface area contributed by atoms with Crippen LogP contribution in [0.5, 0.6) is 0 Å². The number of nitrogens with one attached hydrogen (secondary N) is 1. The molecule has 0 radical (unpaired) electrons. The van der Waals surface area contributed by atoms with Gasteiger partial charge in [0, 0.05) is 18.6 Å². The van der Waals surface area contributed by atoms with Crippen molar-refractivity contribution >= 4 is 34.6 Å². The smallest absolute Gasteiger partial charge is 0.261 e. The first-order chi connectivity index (χ1) is 10.2. The van der Waals surface area contributed by atoms with Crippen molar-refractivity contribution in [2.24, 2.45) is 0 Å². The lowest BCUT2D eigenvalue weighted by molar-refractivity contribution is 0.0939. The van der Waals surface area contributed by atoms with Crippen LogP contribution in [0.25, 0.3) is 5.78 Å². The van der Waals surface area contributed by atoms with Crippen LogP contribution >= 0.6 is 22.9 Å². The summed E-state index contributed by atoms with van der Waals surface area (Å²) in [5.41, 5.74) is 0.798. The molecule has 0 fully saturated rings. The van der Waals surface area contributed by atoms with Crippen LogP contribution in [0.15, 0.2) is 36.8 Å². The molecule has 3 aromatic heterocycles. The molecule has 3 heterocycles. The molecule has 7 heteroatoms. The van der Waals surface area contributed by atoms with Gasteiger partial charge in [0.05, 0.1) is 20.9 Å². The molecule has 1 atom stereocenters. The van der Waals surface area contributed by atoms with E-state index in [-0.39, 0.29) is 11.9 Å². The number of fused-ring (bicyclic) bond motifs is 1. The maximum absolute atomic E-state index is 12.2. The first-order valence-corrected chi connectivity index (χ1v) is 7.72. The van der Waals surface area contributed by atoms with Gasteiger partial charge in [-0.05, 0) is 24.6 Å². The number of thiophene rings is 1. The average Bonchev–Trinajstić information content (AvgIpc) is 3.10. The minimum Gasteiger partial charge on any atom is -0.343 e. The van der Waals surface area contributed by atoms with Crippen LogP contribution < -0.4 is 5.32 Å². The van der Waals surface area contributed by atoms with E-state index < -0.39 is 0 Å². The first kappa shape index (κ1) is 14.0. The fraction of sp³-hybridized carbons (Fsp3) is 0.214. The van der Waals surface area contributed by atoms with E-state index in [1.54, 1.807) is 18.3 Å². The van der Waals surface area contributed by atoms with Crippen molar-refractivity contribution in [1.82, 2.24) is 19.7 Å². The minimum atomic E-state index is -0.153. The Morgan fingerprint density at radius 2 is 2.38 bits per heavy atom. The largest absolute Gasteiger partial charge is 0.343 e. The number of rotatable bonds is 4. The summed E-state index contributed by atoms with van der Waals surface area (Å²) in [6.45, 7) is 2.00. The van der Waals surface area contributed by atoms with Crippen LogP contribution in [0.2, 0.25) is 4.34 Å². The lowest BCUT2D eigenvalue weighted by Gasteiger charge is -2.13. The lowest BCUT2D eigenvalue weighted by Crippen LogP contribution is -2.27. The van der Waals surface area contributed by atoms with E-state index in [1.165, 1.54) is 11.3 Å². The minimum absolute atomic E-state index is 0.135. The molecule has 3 aromatic rings. The topological polar surface area (TPSA) is 59.3 Å². The Labute approximate surface area is 130 Å². The molecule has 0 aliphatic heterocycles. The van der Waals surface area contributed by atoms with Gasteiger partial charge in [0.2, 0.25) is 5.78 Å². The Kier molecular flexibility index (Phi) is 3.90. The summed E-state index contributed by atoms with van der Waals surface area (Å²) >= 11 is 7.12. The number of aromatic nitrogens is 3. The quantitative estimate of drug-likeness (QED) is 0.802. The molecule has 0 saturated heterocycles. The molecule has 21 heavy (non-hydrogen) atoms. The van der Waals surface area contributed by atoms with Crippen molar-refractivity contribution in [1.29, 1.82) is 0 Å². The van der Waals surface area contributed by atoms with Gasteiger partial charge >= 0.3 is 0 Å². The standard InChI is InChI=1S/C14H13ClN4OS/c1-2-9(17-13(20)11-4-5-12(15)21-11)10-8-19-7-3-6-16-14(19)18-10/h3-9H,2H2,1H3,(H,17,20)/t9-/m1/s1. The number of hydrogen-bond acceptors (Lipinski definition) is 4. The molecule has 0 saturated carbocycles. The van der Waals surface area contributed by atoms with Crippen molar-refractivity contribution < 1.29 is 4.79 Å². The summed E-state index contributed by atoms with van der Waals surface area (Å²) in [6, 6.07) is 5.13. The molecule has 1 amide bonds. The summed E-state index contributed by atoms with van der Waals surface area (Å²) in [5.74, 6) is 0.489. The molecule has 1 N–H and O–H groups in total. The van der Waals surface area contributed by atoms with Gasteiger partial charge in [0.15, 0.2) is 0 Å². The van der Waals surface area contributed by atoms with E-state index in [0.29, 0.717) is 15.0 Å². The van der Waals surface area contributed by atoms with Gasteiger partial charge < -0.3 is 5.32 Å². The maximum atomic E-state index is 12.2. The molecular weight excluding hydrogens is 308 g/mol. The highest BCUT2D eigenvalue weighted by Gasteiger charge is 2.18. The van der Waals surface area contributed by atoms with Crippen molar-refractivity contribution in [3.8, 4) is 0 Å². The van der Waals surface area contributed by atoms with E-state index in [0.717, 1.165) is 12.1 Å². The normalized spacial score (nSPS) is 12.5. The van der Waals surface area contributed by atoms with E-state index in [4.69, 9.17) is 11.6 Å². The van der Waals surface area contributed by atoms with Gasteiger partial charge in [0.25, 0.3) is 5.91 Å². The molecule has 0 spiro atoms. The number of hydrogen-bond donors (Lipinski definition) is 1. The fourth-order valence-corrected chi connectivity index (χ4v) is 3.01. The zero-order chi connectivity index (χ0) is 14.8. The van der Waals surface area contributed by atoms with Gasteiger partial charge in [-0.3, -0.25) is 9.20 Å². The molecule has 0 aliphatic rings. The van der Waals surface area contributed by atoms with Crippen LogP contribution in [0, 0.1) is 0 Å². The van der Waals surface area contributed by atoms with Crippen molar-refractivity contribution in [3.05, 3.63) is 51.7 Å². The van der Waals surface area contributed by atoms with Crippen molar-refractivity contribution in [3.63, 3.8) is 0 Å². The highest BCUT2D eigenvalue weighted by atomic mass is 35.5. The lowest BCUT2D eigenvalue weighted by atomic mass is 10.1. The number of halogens is 1. The first-order valence-electron chi connectivity index (χ1n) is 6.53. The molecule has 0 aromatic carbocycles. The maximum Gasteiger partial charge on any atom is 0.261 e. The number of carbonyl (C=O) groups excluding carboxylic acids is 1.